The Labute approximate surface area is 178 Å². The Balaban J connectivity index is 2.02. The second-order valence-electron chi connectivity index (χ2n) is 7.04. The van der Waals surface area contributed by atoms with Gasteiger partial charge in [-0.1, -0.05) is 6.07 Å². The minimum atomic E-state index is -4.77. The highest BCUT2D eigenvalue weighted by molar-refractivity contribution is 6.09. The largest absolute Gasteiger partial charge is 0.417 e. The monoisotopic (exact) mass is 447 g/mol. The number of aromatic nitrogens is 2. The maximum atomic E-state index is 15.1. The van der Waals surface area contributed by atoms with Crippen LogP contribution >= 0.6 is 0 Å². The first-order valence-electron chi connectivity index (χ1n) is 9.13. The summed E-state index contributed by atoms with van der Waals surface area (Å²) < 4.78 is 69.3. The first kappa shape index (κ1) is 21.3. The van der Waals surface area contributed by atoms with Crippen LogP contribution in [0.15, 0.2) is 60.0 Å². The fourth-order valence-corrected chi connectivity index (χ4v) is 3.52. The van der Waals surface area contributed by atoms with Crippen LogP contribution in [-0.2, 0) is 16.5 Å². The van der Waals surface area contributed by atoms with E-state index >= 15 is 4.39 Å². The van der Waals surface area contributed by atoms with Crippen molar-refractivity contribution >= 4 is 11.9 Å². The third kappa shape index (κ3) is 3.26. The Kier molecular flexibility index (Phi) is 4.91. The molecule has 3 heterocycles. The number of pyridine rings is 2. The van der Waals surface area contributed by atoms with E-state index in [0.29, 0.717) is 12.3 Å². The smallest absolute Gasteiger partial charge is 0.369 e. The van der Waals surface area contributed by atoms with Crippen LogP contribution in [0.1, 0.15) is 16.7 Å². The van der Waals surface area contributed by atoms with Crippen molar-refractivity contribution in [2.24, 2.45) is 10.7 Å². The van der Waals surface area contributed by atoms with Crippen LogP contribution in [0.4, 0.5) is 22.0 Å². The lowest BCUT2D eigenvalue weighted by molar-refractivity contribution is -0.138. The number of likely N-dealkylation sites (N-methyl/N-ethyl adjacent to an activating group) is 1. The van der Waals surface area contributed by atoms with Gasteiger partial charge in [0.15, 0.2) is 11.5 Å². The molecule has 2 aromatic heterocycles. The zero-order chi connectivity index (χ0) is 23.3. The predicted octanol–water partition coefficient (Wildman–Crippen LogP) is 3.47. The number of halogens is 5. The Morgan fingerprint density at radius 2 is 1.84 bits per heavy atom. The summed E-state index contributed by atoms with van der Waals surface area (Å²) >= 11 is 0. The number of nitrogens with two attached hydrogens (primary N) is 1. The SMILES string of the molecule is CN1C(=O)C(c2cncc(C(F)(F)F)c2)(c2cc(-c3cccnc3F)ccc2F)N=C1N. The Hall–Kier alpha value is -3.89. The summed E-state index contributed by atoms with van der Waals surface area (Å²) in [4.78, 5) is 25.3. The van der Waals surface area contributed by atoms with Crippen LogP contribution in [0.3, 0.4) is 0 Å². The van der Waals surface area contributed by atoms with Crippen molar-refractivity contribution < 1.29 is 26.7 Å². The highest BCUT2D eigenvalue weighted by Gasteiger charge is 2.52. The van der Waals surface area contributed by atoms with E-state index < -0.39 is 40.5 Å². The van der Waals surface area contributed by atoms with Crippen molar-refractivity contribution in [3.8, 4) is 11.1 Å². The van der Waals surface area contributed by atoms with E-state index in [1.807, 2.05) is 0 Å². The highest BCUT2D eigenvalue weighted by atomic mass is 19.4. The van der Waals surface area contributed by atoms with Crippen molar-refractivity contribution in [1.82, 2.24) is 14.9 Å². The number of carbonyl (C=O) groups excluding carboxylic acids is 1. The van der Waals surface area contributed by atoms with Gasteiger partial charge < -0.3 is 5.73 Å². The van der Waals surface area contributed by atoms with Crippen LogP contribution in [0, 0.1) is 11.8 Å². The lowest BCUT2D eigenvalue weighted by Gasteiger charge is -2.27. The molecule has 1 unspecified atom stereocenters. The average Bonchev–Trinajstić information content (AvgIpc) is 2.99. The van der Waals surface area contributed by atoms with Crippen LogP contribution < -0.4 is 5.73 Å². The fraction of sp³-hybridized carbons (Fsp3) is 0.143. The molecule has 1 atom stereocenters. The van der Waals surface area contributed by atoms with Gasteiger partial charge in [-0.05, 0) is 35.9 Å². The molecule has 0 bridgehead atoms. The van der Waals surface area contributed by atoms with Gasteiger partial charge in [0.1, 0.15) is 5.82 Å². The second kappa shape index (κ2) is 7.36. The van der Waals surface area contributed by atoms with Gasteiger partial charge in [-0.2, -0.15) is 17.6 Å². The molecule has 0 aliphatic carbocycles. The minimum absolute atomic E-state index is 0.00168. The number of benzene rings is 1. The molecule has 1 aromatic carbocycles. The molecule has 0 saturated carbocycles. The zero-order valence-corrected chi connectivity index (χ0v) is 16.4. The molecule has 4 rings (SSSR count). The second-order valence-corrected chi connectivity index (χ2v) is 7.04. The van der Waals surface area contributed by atoms with Gasteiger partial charge in [-0.25, -0.2) is 14.4 Å². The van der Waals surface area contributed by atoms with E-state index in [-0.39, 0.29) is 22.6 Å². The number of rotatable bonds is 3. The standard InChI is InChI=1S/C21H14F5N5O/c1-31-18(32)20(30-19(31)27,12-8-13(10-28-9-12)21(24,25)26)15-7-11(4-5-16(15)22)14-3-2-6-29-17(14)23/h2-10H,1H3,(H2,27,30). The van der Waals surface area contributed by atoms with E-state index in [9.17, 15) is 22.4 Å². The molecule has 0 fully saturated rings. The summed E-state index contributed by atoms with van der Waals surface area (Å²) in [5.41, 5.74) is 1.74. The van der Waals surface area contributed by atoms with E-state index in [1.165, 1.54) is 31.4 Å². The van der Waals surface area contributed by atoms with Gasteiger partial charge in [0.05, 0.1) is 5.56 Å². The molecular weight excluding hydrogens is 433 g/mol. The first-order chi connectivity index (χ1) is 15.1. The van der Waals surface area contributed by atoms with Gasteiger partial charge in [-0.3, -0.25) is 14.7 Å². The van der Waals surface area contributed by atoms with Gasteiger partial charge in [0.25, 0.3) is 5.91 Å². The van der Waals surface area contributed by atoms with E-state index in [1.54, 1.807) is 0 Å². The van der Waals surface area contributed by atoms with Gasteiger partial charge in [-0.15, -0.1) is 0 Å². The molecule has 0 radical (unpaired) electrons. The predicted molar refractivity (Wildman–Crippen MR) is 104 cm³/mol. The summed E-state index contributed by atoms with van der Waals surface area (Å²) in [6, 6.07) is 6.88. The molecular formula is C21H14F5N5O. The Morgan fingerprint density at radius 3 is 2.47 bits per heavy atom. The summed E-state index contributed by atoms with van der Waals surface area (Å²) in [5.74, 6) is -3.02. The Morgan fingerprint density at radius 1 is 1.09 bits per heavy atom. The fourth-order valence-electron chi connectivity index (χ4n) is 3.52. The zero-order valence-electron chi connectivity index (χ0n) is 16.4. The number of guanidine groups is 1. The third-order valence-electron chi connectivity index (χ3n) is 5.15. The van der Waals surface area contributed by atoms with Gasteiger partial charge >= 0.3 is 6.18 Å². The normalized spacial score (nSPS) is 18.8. The minimum Gasteiger partial charge on any atom is -0.369 e. The number of aliphatic imine (C=N–C) groups is 1. The summed E-state index contributed by atoms with van der Waals surface area (Å²) in [7, 11) is 1.26. The van der Waals surface area contributed by atoms with Crippen molar-refractivity contribution in [3.05, 3.63) is 83.4 Å². The number of amides is 1. The molecule has 1 amide bonds. The van der Waals surface area contributed by atoms with Crippen molar-refractivity contribution in [2.45, 2.75) is 11.7 Å². The molecule has 2 N–H and O–H groups in total. The first-order valence-corrected chi connectivity index (χ1v) is 9.13. The van der Waals surface area contributed by atoms with Crippen molar-refractivity contribution in [2.75, 3.05) is 7.05 Å². The van der Waals surface area contributed by atoms with E-state index in [4.69, 9.17) is 5.73 Å². The Bertz CT molecular complexity index is 1260. The van der Waals surface area contributed by atoms with Crippen LogP contribution in [-0.4, -0.2) is 33.8 Å². The maximum absolute atomic E-state index is 15.1. The van der Waals surface area contributed by atoms with E-state index in [0.717, 1.165) is 23.2 Å². The lowest BCUT2D eigenvalue weighted by atomic mass is 9.81. The number of carbonyl (C=O) groups is 1. The molecule has 0 saturated heterocycles. The quantitative estimate of drug-likeness (QED) is 0.492. The molecule has 1 aliphatic heterocycles. The number of alkyl halides is 3. The molecule has 32 heavy (non-hydrogen) atoms. The van der Waals surface area contributed by atoms with Crippen LogP contribution in [0.5, 0.6) is 0 Å². The molecule has 3 aromatic rings. The lowest BCUT2D eigenvalue weighted by Crippen LogP contribution is -2.41. The van der Waals surface area contributed by atoms with E-state index in [2.05, 4.69) is 15.0 Å². The number of hydrogen-bond donors (Lipinski definition) is 1. The molecule has 6 nitrogen and oxygen atoms in total. The van der Waals surface area contributed by atoms with Crippen LogP contribution in [0.2, 0.25) is 0 Å². The summed E-state index contributed by atoms with van der Waals surface area (Å²) in [5, 5.41) is 0. The third-order valence-corrected chi connectivity index (χ3v) is 5.15. The molecule has 164 valence electrons. The van der Waals surface area contributed by atoms with Gasteiger partial charge in [0.2, 0.25) is 5.95 Å². The summed E-state index contributed by atoms with van der Waals surface area (Å²) in [6.07, 6.45) is -1.99. The molecule has 0 spiro atoms. The average molecular weight is 447 g/mol. The highest BCUT2D eigenvalue weighted by Crippen LogP contribution is 2.43. The number of nitrogens with zero attached hydrogens (tertiary/aromatic N) is 4. The van der Waals surface area contributed by atoms with Crippen molar-refractivity contribution in [1.29, 1.82) is 0 Å². The molecule has 1 aliphatic rings. The van der Waals surface area contributed by atoms with Gasteiger partial charge in [0, 0.05) is 42.3 Å². The summed E-state index contributed by atoms with van der Waals surface area (Å²) in [6.45, 7) is 0. The van der Waals surface area contributed by atoms with Crippen molar-refractivity contribution in [3.63, 3.8) is 0 Å². The maximum Gasteiger partial charge on any atom is 0.417 e. The number of hydrogen-bond acceptors (Lipinski definition) is 5. The molecule has 11 heteroatoms. The topological polar surface area (TPSA) is 84.5 Å². The van der Waals surface area contributed by atoms with Crippen LogP contribution in [0.25, 0.3) is 11.1 Å².